The highest BCUT2D eigenvalue weighted by Crippen LogP contribution is 2.31. The van der Waals surface area contributed by atoms with Crippen LogP contribution < -0.4 is 4.72 Å². The third-order valence-corrected chi connectivity index (χ3v) is 6.61. The van der Waals surface area contributed by atoms with Crippen molar-refractivity contribution >= 4 is 37.9 Å². The van der Waals surface area contributed by atoms with Gasteiger partial charge in [-0.2, -0.15) is 0 Å². The molecule has 116 valence electrons. The quantitative estimate of drug-likeness (QED) is 0.927. The first-order chi connectivity index (χ1) is 9.87. The first-order valence-corrected chi connectivity index (χ1v) is 9.74. The first kappa shape index (κ1) is 15.3. The average molecular weight is 348 g/mol. The molecule has 0 radical (unpaired) electrons. The third kappa shape index (κ3) is 2.97. The number of imidazole rings is 1. The predicted molar refractivity (Wildman–Crippen MR) is 84.4 cm³/mol. The Morgan fingerprint density at radius 3 is 2.67 bits per heavy atom. The van der Waals surface area contributed by atoms with Crippen molar-refractivity contribution < 1.29 is 8.42 Å². The van der Waals surface area contributed by atoms with Gasteiger partial charge in [-0.1, -0.05) is 25.4 Å². The van der Waals surface area contributed by atoms with Gasteiger partial charge in [0.2, 0.25) is 0 Å². The van der Waals surface area contributed by atoms with Crippen LogP contribution in [0, 0.1) is 11.8 Å². The largest absolute Gasteiger partial charge is 0.279 e. The highest BCUT2D eigenvalue weighted by atomic mass is 35.5. The fourth-order valence-electron chi connectivity index (χ4n) is 3.30. The van der Waals surface area contributed by atoms with Crippen LogP contribution in [0.3, 0.4) is 0 Å². The highest BCUT2D eigenvalue weighted by Gasteiger charge is 2.31. The van der Waals surface area contributed by atoms with Crippen LogP contribution >= 0.6 is 22.9 Å². The van der Waals surface area contributed by atoms with Gasteiger partial charge < -0.3 is 0 Å². The van der Waals surface area contributed by atoms with Gasteiger partial charge in [-0.15, -0.1) is 11.3 Å². The van der Waals surface area contributed by atoms with Gasteiger partial charge in [0.1, 0.15) is 0 Å². The normalized spacial score (nSPS) is 27.3. The van der Waals surface area contributed by atoms with Gasteiger partial charge in [0, 0.05) is 17.6 Å². The van der Waals surface area contributed by atoms with Crippen molar-refractivity contribution in [1.29, 1.82) is 0 Å². The van der Waals surface area contributed by atoms with Crippen molar-refractivity contribution in [2.24, 2.45) is 11.8 Å². The summed E-state index contributed by atoms with van der Waals surface area (Å²) >= 11 is 7.38. The summed E-state index contributed by atoms with van der Waals surface area (Å²) in [4.78, 5) is 4.68. The summed E-state index contributed by atoms with van der Waals surface area (Å²) in [6, 6.07) is -0.0333. The molecular weight excluding hydrogens is 330 g/mol. The predicted octanol–water partition coefficient (Wildman–Crippen LogP) is 3.15. The Bertz CT molecular complexity index is 743. The van der Waals surface area contributed by atoms with Crippen molar-refractivity contribution in [3.8, 4) is 0 Å². The monoisotopic (exact) mass is 347 g/mol. The molecule has 1 aliphatic rings. The van der Waals surface area contributed by atoms with Crippen molar-refractivity contribution in [1.82, 2.24) is 14.1 Å². The molecule has 0 bridgehead atoms. The van der Waals surface area contributed by atoms with Crippen LogP contribution in [0.25, 0.3) is 4.96 Å². The summed E-state index contributed by atoms with van der Waals surface area (Å²) in [7, 11) is -3.67. The summed E-state index contributed by atoms with van der Waals surface area (Å²) < 4.78 is 29.7. The lowest BCUT2D eigenvalue weighted by Gasteiger charge is -2.31. The van der Waals surface area contributed by atoms with E-state index in [9.17, 15) is 8.42 Å². The van der Waals surface area contributed by atoms with Gasteiger partial charge in [0.25, 0.3) is 10.0 Å². The van der Waals surface area contributed by atoms with Crippen molar-refractivity contribution in [3.63, 3.8) is 0 Å². The third-order valence-electron chi connectivity index (χ3n) is 3.93. The Morgan fingerprint density at radius 2 is 2.00 bits per heavy atom. The molecule has 5 nitrogen and oxygen atoms in total. The van der Waals surface area contributed by atoms with Crippen LogP contribution in [0.2, 0.25) is 5.15 Å². The minimum atomic E-state index is -3.67. The molecule has 1 N–H and O–H groups in total. The van der Waals surface area contributed by atoms with Gasteiger partial charge in [0.15, 0.2) is 15.1 Å². The van der Waals surface area contributed by atoms with E-state index < -0.39 is 10.0 Å². The Balaban J connectivity index is 1.90. The Morgan fingerprint density at radius 1 is 1.33 bits per heavy atom. The summed E-state index contributed by atoms with van der Waals surface area (Å²) in [5.74, 6) is 1.06. The molecule has 2 atom stereocenters. The maximum Gasteiger partial charge on any atom is 0.260 e. The lowest BCUT2D eigenvalue weighted by molar-refractivity contribution is 0.257. The number of hydrogen-bond donors (Lipinski definition) is 1. The Labute approximate surface area is 133 Å². The zero-order valence-corrected chi connectivity index (χ0v) is 14.3. The lowest BCUT2D eigenvalue weighted by Crippen LogP contribution is -2.40. The molecule has 0 aromatic carbocycles. The van der Waals surface area contributed by atoms with E-state index in [1.165, 1.54) is 15.7 Å². The lowest BCUT2D eigenvalue weighted by atomic mass is 9.81. The molecule has 2 aromatic rings. The Kier molecular flexibility index (Phi) is 4.02. The number of hydrogen-bond acceptors (Lipinski definition) is 4. The van der Waals surface area contributed by atoms with Gasteiger partial charge in [0.05, 0.1) is 0 Å². The number of rotatable bonds is 3. The molecule has 0 aliphatic heterocycles. The molecule has 0 spiro atoms. The number of fused-ring (bicyclic) bond motifs is 1. The number of nitrogens with one attached hydrogen (secondary N) is 1. The number of sulfonamides is 1. The van der Waals surface area contributed by atoms with E-state index in [4.69, 9.17) is 11.6 Å². The van der Waals surface area contributed by atoms with Crippen LogP contribution in [0.4, 0.5) is 0 Å². The molecule has 0 saturated heterocycles. The number of aromatic nitrogens is 2. The first-order valence-electron chi connectivity index (χ1n) is 7.00. The highest BCUT2D eigenvalue weighted by molar-refractivity contribution is 7.89. The van der Waals surface area contributed by atoms with Crippen molar-refractivity contribution in [2.45, 2.75) is 44.2 Å². The number of thiazole rings is 1. The molecule has 1 aliphatic carbocycles. The molecule has 2 unspecified atom stereocenters. The molecular formula is C13H18ClN3O2S2. The second-order valence-electron chi connectivity index (χ2n) is 6.00. The van der Waals surface area contributed by atoms with E-state index in [1.807, 2.05) is 0 Å². The van der Waals surface area contributed by atoms with E-state index in [-0.39, 0.29) is 16.2 Å². The molecule has 2 aromatic heterocycles. The summed E-state index contributed by atoms with van der Waals surface area (Å²) in [5, 5.41) is 1.88. The summed E-state index contributed by atoms with van der Waals surface area (Å²) in [6.07, 6.45) is 4.57. The molecule has 1 saturated carbocycles. The fourth-order valence-corrected chi connectivity index (χ4v) is 6.01. The minimum Gasteiger partial charge on any atom is -0.279 e. The van der Waals surface area contributed by atoms with E-state index in [0.29, 0.717) is 16.8 Å². The molecule has 2 heterocycles. The molecule has 8 heteroatoms. The van der Waals surface area contributed by atoms with Crippen LogP contribution in [-0.2, 0) is 10.0 Å². The molecule has 21 heavy (non-hydrogen) atoms. The molecule has 3 rings (SSSR count). The van der Waals surface area contributed by atoms with Gasteiger partial charge in [-0.3, -0.25) is 4.40 Å². The minimum absolute atomic E-state index is 0.0333. The topological polar surface area (TPSA) is 63.5 Å². The summed E-state index contributed by atoms with van der Waals surface area (Å²) in [5.41, 5.74) is 0. The standard InChI is InChI=1S/C13H18ClN3O2S2/c1-8-5-9(2)7-10(6-8)16-21(18,19)12-11(14)15-13-17(12)3-4-20-13/h3-4,8-10,16H,5-7H2,1-2H3. The van der Waals surface area contributed by atoms with Crippen molar-refractivity contribution in [2.75, 3.05) is 0 Å². The second-order valence-corrected chi connectivity index (χ2v) is 8.86. The maximum atomic E-state index is 12.7. The zero-order valence-electron chi connectivity index (χ0n) is 11.9. The molecule has 1 fully saturated rings. The van der Waals surface area contributed by atoms with E-state index in [1.54, 1.807) is 11.6 Å². The van der Waals surface area contributed by atoms with Crippen LogP contribution in [-0.4, -0.2) is 23.8 Å². The smallest absolute Gasteiger partial charge is 0.260 e. The SMILES string of the molecule is CC1CC(C)CC(NS(=O)(=O)c2c(Cl)nc3sccn23)C1. The Hall–Kier alpha value is -0.630. The van der Waals surface area contributed by atoms with Gasteiger partial charge >= 0.3 is 0 Å². The van der Waals surface area contributed by atoms with Gasteiger partial charge in [-0.05, 0) is 31.1 Å². The second kappa shape index (κ2) is 5.53. The number of nitrogens with zero attached hydrogens (tertiary/aromatic N) is 2. The maximum absolute atomic E-state index is 12.7. The molecule has 0 amide bonds. The van der Waals surface area contributed by atoms with E-state index in [2.05, 4.69) is 23.6 Å². The zero-order chi connectivity index (χ0) is 15.2. The van der Waals surface area contributed by atoms with Gasteiger partial charge in [-0.25, -0.2) is 18.1 Å². The van der Waals surface area contributed by atoms with Crippen LogP contribution in [0.5, 0.6) is 0 Å². The van der Waals surface area contributed by atoms with Crippen LogP contribution in [0.15, 0.2) is 16.6 Å². The van der Waals surface area contributed by atoms with E-state index >= 15 is 0 Å². The van der Waals surface area contributed by atoms with Crippen LogP contribution in [0.1, 0.15) is 33.1 Å². The number of halogens is 1. The average Bonchev–Trinajstić information content (AvgIpc) is 2.85. The fraction of sp³-hybridized carbons (Fsp3) is 0.615. The van der Waals surface area contributed by atoms with E-state index in [0.717, 1.165) is 19.3 Å². The summed E-state index contributed by atoms with van der Waals surface area (Å²) in [6.45, 7) is 4.33. The van der Waals surface area contributed by atoms with Crippen molar-refractivity contribution in [3.05, 3.63) is 16.7 Å².